The Labute approximate surface area is 262 Å². The van der Waals surface area contributed by atoms with Gasteiger partial charge in [-0.2, -0.15) is 0 Å². The molecule has 0 aliphatic carbocycles. The number of benzene rings is 1. The summed E-state index contributed by atoms with van der Waals surface area (Å²) in [7, 11) is 2.06. The van der Waals surface area contributed by atoms with Crippen molar-refractivity contribution in [3.63, 3.8) is 0 Å². The van der Waals surface area contributed by atoms with Crippen LogP contribution in [0.5, 0.6) is 0 Å². The Morgan fingerprint density at radius 3 is 2.39 bits per heavy atom. The fourth-order valence-corrected chi connectivity index (χ4v) is 6.61. The number of nitrogens with zero attached hydrogens (tertiary/aromatic N) is 6. The van der Waals surface area contributed by atoms with Gasteiger partial charge in [0.25, 0.3) is 0 Å². The molecule has 2 aliphatic rings. The molecular weight excluding hydrogens is 546 g/mol. The molecule has 2 saturated heterocycles. The molecule has 0 saturated carbocycles. The lowest BCUT2D eigenvalue weighted by atomic mass is 10.0. The summed E-state index contributed by atoms with van der Waals surface area (Å²) in [5, 5.41) is 0.781. The highest BCUT2D eigenvalue weighted by atomic mass is 16.1. The van der Waals surface area contributed by atoms with Crippen LogP contribution in [0, 0.1) is 13.8 Å². The van der Waals surface area contributed by atoms with Crippen LogP contribution in [0.2, 0.25) is 0 Å². The molecule has 234 valence electrons. The number of nitrogens with two attached hydrogens (primary N) is 1. The minimum atomic E-state index is 0.127. The third-order valence-electron chi connectivity index (χ3n) is 9.05. The molecule has 1 aromatic carbocycles. The molecule has 0 bridgehead atoms. The van der Waals surface area contributed by atoms with Gasteiger partial charge >= 0.3 is 0 Å². The lowest BCUT2D eigenvalue weighted by Gasteiger charge is -2.40. The molecule has 1 unspecified atom stereocenters. The zero-order chi connectivity index (χ0) is 31.2. The van der Waals surface area contributed by atoms with Gasteiger partial charge in [-0.3, -0.25) is 19.7 Å². The topological polar surface area (TPSA) is 83.5 Å². The highest BCUT2D eigenvalue weighted by Gasteiger charge is 2.27. The molecule has 2 fully saturated rings. The van der Waals surface area contributed by atoms with Crippen molar-refractivity contribution in [3.8, 4) is 0 Å². The molecule has 4 aromatic rings. The summed E-state index contributed by atoms with van der Waals surface area (Å²) < 4.78 is 2.13. The Morgan fingerprint density at radius 1 is 0.886 bits per heavy atom. The number of rotatable bonds is 7. The molecule has 8 heteroatoms. The molecule has 0 amide bonds. The maximum Gasteiger partial charge on any atom is 0.193 e. The molecule has 5 heterocycles. The van der Waals surface area contributed by atoms with Crippen LogP contribution in [-0.4, -0.2) is 57.7 Å². The van der Waals surface area contributed by atoms with Gasteiger partial charge in [0, 0.05) is 98.8 Å². The van der Waals surface area contributed by atoms with Crippen LogP contribution in [0.1, 0.15) is 62.0 Å². The van der Waals surface area contributed by atoms with Crippen molar-refractivity contribution >= 4 is 22.3 Å². The van der Waals surface area contributed by atoms with E-state index in [0.29, 0.717) is 12.6 Å². The molecule has 3 aromatic heterocycles. The van der Waals surface area contributed by atoms with Crippen LogP contribution in [0.25, 0.3) is 10.9 Å². The van der Waals surface area contributed by atoms with Crippen molar-refractivity contribution in [3.05, 3.63) is 93.8 Å². The van der Waals surface area contributed by atoms with Crippen molar-refractivity contribution < 1.29 is 0 Å². The monoisotopic (exact) mass is 595 g/mol. The number of fused-ring (bicyclic) bond motifs is 1. The molecule has 2 N–H and O–H groups in total. The summed E-state index contributed by atoms with van der Waals surface area (Å²) in [6.45, 7) is 13.3. The lowest BCUT2D eigenvalue weighted by molar-refractivity contribution is 0.158. The van der Waals surface area contributed by atoms with Gasteiger partial charge in [0.2, 0.25) is 0 Å². The van der Waals surface area contributed by atoms with Gasteiger partial charge in [0.1, 0.15) is 0 Å². The molecule has 0 radical (unpaired) electrons. The minimum absolute atomic E-state index is 0.127. The van der Waals surface area contributed by atoms with Gasteiger partial charge in [0.15, 0.2) is 5.43 Å². The van der Waals surface area contributed by atoms with Crippen LogP contribution in [0.3, 0.4) is 0 Å². The number of aromatic nitrogens is 3. The Balaban J connectivity index is 0.00000188. The first kappa shape index (κ1) is 31.7. The zero-order valence-electron chi connectivity index (χ0n) is 27.2. The first-order valence-corrected chi connectivity index (χ1v) is 16.3. The first-order chi connectivity index (χ1) is 21.3. The van der Waals surface area contributed by atoms with Gasteiger partial charge in [-0.25, -0.2) is 0 Å². The van der Waals surface area contributed by atoms with Crippen molar-refractivity contribution in [1.82, 2.24) is 19.4 Å². The van der Waals surface area contributed by atoms with Crippen LogP contribution < -0.4 is 21.0 Å². The van der Waals surface area contributed by atoms with E-state index in [1.165, 1.54) is 11.3 Å². The number of hydrogen-bond donors (Lipinski definition) is 1. The van der Waals surface area contributed by atoms with E-state index in [-0.39, 0.29) is 11.5 Å². The fourth-order valence-electron chi connectivity index (χ4n) is 6.61. The van der Waals surface area contributed by atoms with Crippen molar-refractivity contribution in [2.24, 2.45) is 12.8 Å². The normalized spacial score (nSPS) is 17.6. The van der Waals surface area contributed by atoms with Gasteiger partial charge in [0.05, 0.1) is 17.4 Å². The fraction of sp³-hybridized carbons (Fsp3) is 0.472. The molecule has 8 nitrogen and oxygen atoms in total. The second kappa shape index (κ2) is 14.4. The second-order valence-corrected chi connectivity index (χ2v) is 12.2. The minimum Gasteiger partial charge on any atom is -0.371 e. The third kappa shape index (κ3) is 7.30. The molecule has 1 atom stereocenters. The third-order valence-corrected chi connectivity index (χ3v) is 9.05. The summed E-state index contributed by atoms with van der Waals surface area (Å²) in [6, 6.07) is 15.4. The van der Waals surface area contributed by atoms with Crippen LogP contribution in [-0.2, 0) is 20.1 Å². The number of anilines is 2. The van der Waals surface area contributed by atoms with E-state index >= 15 is 0 Å². The predicted octanol–water partition coefficient (Wildman–Crippen LogP) is 5.57. The second-order valence-electron chi connectivity index (χ2n) is 12.2. The lowest BCUT2D eigenvalue weighted by Crippen LogP contribution is -2.48. The van der Waals surface area contributed by atoms with Crippen molar-refractivity contribution in [2.75, 3.05) is 36.0 Å². The van der Waals surface area contributed by atoms with Gasteiger partial charge < -0.3 is 20.1 Å². The maximum atomic E-state index is 14.0. The van der Waals surface area contributed by atoms with E-state index in [4.69, 9.17) is 5.73 Å². The smallest absolute Gasteiger partial charge is 0.193 e. The Kier molecular flexibility index (Phi) is 10.3. The molecular formula is C36H49N7O. The number of aryl methyl sites for hydroxylation is 3. The van der Waals surface area contributed by atoms with Gasteiger partial charge in [-0.1, -0.05) is 13.8 Å². The summed E-state index contributed by atoms with van der Waals surface area (Å²) in [5.74, 6) is 0. The Morgan fingerprint density at radius 2 is 1.66 bits per heavy atom. The van der Waals surface area contributed by atoms with E-state index in [9.17, 15) is 4.79 Å². The van der Waals surface area contributed by atoms with Gasteiger partial charge in [-0.05, 0) is 87.6 Å². The molecule has 2 aliphatic heterocycles. The number of pyridine rings is 3. The summed E-state index contributed by atoms with van der Waals surface area (Å²) >= 11 is 0. The average molecular weight is 596 g/mol. The van der Waals surface area contributed by atoms with Gasteiger partial charge in [-0.15, -0.1) is 0 Å². The highest BCUT2D eigenvalue weighted by Crippen LogP contribution is 2.27. The van der Waals surface area contributed by atoms with E-state index in [0.717, 1.165) is 91.9 Å². The SMILES string of the molecule is CC.Cc1ccc(N2CCCC(N(Cc3ccnc(C)c3)Cc3cn(C)c4cc(N5CCC(N)CC5)ccc4c3=O)C2)cn1. The first-order valence-electron chi connectivity index (χ1n) is 16.3. The van der Waals surface area contributed by atoms with E-state index in [2.05, 4.69) is 78.9 Å². The number of hydrogen-bond acceptors (Lipinski definition) is 7. The summed E-state index contributed by atoms with van der Waals surface area (Å²) in [6.07, 6.45) is 10.1. The highest BCUT2D eigenvalue weighted by molar-refractivity contribution is 5.83. The summed E-state index contributed by atoms with van der Waals surface area (Å²) in [5.41, 5.74) is 13.7. The predicted molar refractivity (Wildman–Crippen MR) is 182 cm³/mol. The largest absolute Gasteiger partial charge is 0.371 e. The van der Waals surface area contributed by atoms with Crippen LogP contribution >= 0.6 is 0 Å². The molecule has 0 spiro atoms. The van der Waals surface area contributed by atoms with E-state index in [1.807, 2.05) is 46.2 Å². The van der Waals surface area contributed by atoms with Crippen molar-refractivity contribution in [2.45, 2.75) is 78.6 Å². The molecule has 44 heavy (non-hydrogen) atoms. The van der Waals surface area contributed by atoms with Crippen LogP contribution in [0.4, 0.5) is 11.4 Å². The Hall–Kier alpha value is -3.75. The van der Waals surface area contributed by atoms with E-state index < -0.39 is 0 Å². The van der Waals surface area contributed by atoms with Crippen LogP contribution in [0.15, 0.2) is 65.8 Å². The quantitative estimate of drug-likeness (QED) is 0.299. The van der Waals surface area contributed by atoms with E-state index in [1.54, 1.807) is 0 Å². The summed E-state index contributed by atoms with van der Waals surface area (Å²) in [4.78, 5) is 30.2. The average Bonchev–Trinajstić information content (AvgIpc) is 3.05. The molecule has 6 rings (SSSR count). The zero-order valence-corrected chi connectivity index (χ0v) is 27.2. The van der Waals surface area contributed by atoms with Crippen molar-refractivity contribution in [1.29, 1.82) is 0 Å². The Bertz CT molecular complexity index is 1590. The number of piperidine rings is 2. The standard InChI is InChI=1S/C34H43N7O.C2H6/c1-24-6-7-30(19-37-24)40-14-4-5-31(23-40)41(20-26-10-13-36-25(2)17-26)22-27-21-38(3)33-18-29(8-9-32(33)34(27)42)39-15-11-28(35)12-16-39;1-2/h6-10,13,17-19,21,28,31H,4-5,11-12,14-16,20,22-23,35H2,1-3H3;1-2H3. The maximum absolute atomic E-state index is 14.0.